The number of nitrogens with zero attached hydrogens (tertiary/aromatic N) is 2. The number of benzene rings is 1. The van der Waals surface area contributed by atoms with E-state index in [1.54, 1.807) is 44.8 Å². The zero-order valence-corrected chi connectivity index (χ0v) is 14.7. The molecule has 0 unspecified atom stereocenters. The number of hydrogen-bond donors (Lipinski definition) is 0. The molecular weight excluding hydrogens is 304 g/mol. The molecule has 0 saturated carbocycles. The monoisotopic (exact) mass is 328 g/mol. The first-order valence-corrected chi connectivity index (χ1v) is 8.03. The lowest BCUT2D eigenvalue weighted by Gasteiger charge is -2.29. The van der Waals surface area contributed by atoms with Crippen molar-refractivity contribution in [2.24, 2.45) is 0 Å². The van der Waals surface area contributed by atoms with Crippen molar-refractivity contribution in [3.63, 3.8) is 0 Å². The Hall–Kier alpha value is -2.56. The van der Waals surface area contributed by atoms with Gasteiger partial charge in [0.05, 0.1) is 19.8 Å². The van der Waals surface area contributed by atoms with Gasteiger partial charge in [-0.3, -0.25) is 9.78 Å². The van der Waals surface area contributed by atoms with Crippen LogP contribution in [0, 0.1) is 0 Å². The molecule has 1 aromatic heterocycles. The Balaban J connectivity index is 2.38. The molecule has 24 heavy (non-hydrogen) atoms. The summed E-state index contributed by atoms with van der Waals surface area (Å²) in [7, 11) is 3.11. The zero-order chi connectivity index (χ0) is 17.5. The molecule has 1 atom stereocenters. The van der Waals surface area contributed by atoms with Crippen LogP contribution in [-0.2, 0) is 6.54 Å². The number of ether oxygens (including phenoxy) is 2. The lowest BCUT2D eigenvalue weighted by atomic mass is 10.1. The largest absolute Gasteiger partial charge is 0.493 e. The van der Waals surface area contributed by atoms with Crippen molar-refractivity contribution in [1.82, 2.24) is 9.88 Å². The second kappa shape index (κ2) is 8.34. The van der Waals surface area contributed by atoms with Gasteiger partial charge < -0.3 is 14.4 Å². The average Bonchev–Trinajstić information content (AvgIpc) is 2.64. The molecule has 5 nitrogen and oxygen atoms in total. The molecule has 0 N–H and O–H groups in total. The van der Waals surface area contributed by atoms with Crippen LogP contribution in [0.1, 0.15) is 36.2 Å². The molecule has 0 saturated heterocycles. The first kappa shape index (κ1) is 17.8. The van der Waals surface area contributed by atoms with Gasteiger partial charge in [-0.05, 0) is 43.2 Å². The van der Waals surface area contributed by atoms with Gasteiger partial charge in [-0.1, -0.05) is 13.0 Å². The second-order valence-electron chi connectivity index (χ2n) is 5.59. The number of aromatic nitrogens is 1. The third kappa shape index (κ3) is 3.85. The molecule has 1 amide bonds. The van der Waals surface area contributed by atoms with E-state index in [9.17, 15) is 4.79 Å². The van der Waals surface area contributed by atoms with Gasteiger partial charge in [0.25, 0.3) is 5.91 Å². The van der Waals surface area contributed by atoms with Crippen LogP contribution in [0.3, 0.4) is 0 Å². The Kier molecular flexibility index (Phi) is 6.18. The maximum absolute atomic E-state index is 13.2. The summed E-state index contributed by atoms with van der Waals surface area (Å²) in [5.41, 5.74) is 1.55. The van der Waals surface area contributed by atoms with E-state index in [1.165, 1.54) is 0 Å². The summed E-state index contributed by atoms with van der Waals surface area (Å²) in [5.74, 6) is 0.946. The van der Waals surface area contributed by atoms with Crippen molar-refractivity contribution in [2.75, 3.05) is 14.2 Å². The van der Waals surface area contributed by atoms with Crippen molar-refractivity contribution in [3.05, 3.63) is 53.9 Å². The molecule has 1 aromatic carbocycles. The Morgan fingerprint density at radius 3 is 2.46 bits per heavy atom. The van der Waals surface area contributed by atoms with E-state index in [0.29, 0.717) is 23.6 Å². The summed E-state index contributed by atoms with van der Waals surface area (Å²) in [5, 5.41) is 0. The molecule has 0 aliphatic rings. The molecule has 2 aromatic rings. The van der Waals surface area contributed by atoms with Crippen LogP contribution in [0.2, 0.25) is 0 Å². The van der Waals surface area contributed by atoms with Crippen molar-refractivity contribution in [1.29, 1.82) is 0 Å². The summed E-state index contributed by atoms with van der Waals surface area (Å²) in [4.78, 5) is 19.1. The van der Waals surface area contributed by atoms with Crippen LogP contribution in [0.5, 0.6) is 11.5 Å². The fourth-order valence-corrected chi connectivity index (χ4v) is 2.54. The maximum Gasteiger partial charge on any atom is 0.258 e. The Labute approximate surface area is 143 Å². The van der Waals surface area contributed by atoms with Gasteiger partial charge in [0, 0.05) is 25.0 Å². The van der Waals surface area contributed by atoms with Crippen LogP contribution in [0.4, 0.5) is 0 Å². The van der Waals surface area contributed by atoms with Gasteiger partial charge in [0.15, 0.2) is 11.5 Å². The van der Waals surface area contributed by atoms with E-state index < -0.39 is 0 Å². The summed E-state index contributed by atoms with van der Waals surface area (Å²) in [6.07, 6.45) is 4.34. The summed E-state index contributed by atoms with van der Waals surface area (Å²) in [6, 6.07) is 9.30. The number of rotatable bonds is 7. The molecule has 0 fully saturated rings. The highest BCUT2D eigenvalue weighted by Crippen LogP contribution is 2.32. The lowest BCUT2D eigenvalue weighted by molar-refractivity contribution is 0.0667. The highest BCUT2D eigenvalue weighted by Gasteiger charge is 2.25. The van der Waals surface area contributed by atoms with Crippen LogP contribution in [0.25, 0.3) is 0 Å². The number of methoxy groups -OCH3 is 2. The quantitative estimate of drug-likeness (QED) is 0.780. The predicted octanol–water partition coefficient (Wildman–Crippen LogP) is 3.54. The Morgan fingerprint density at radius 1 is 1.17 bits per heavy atom. The molecule has 0 bridgehead atoms. The van der Waals surface area contributed by atoms with Gasteiger partial charge in [0.2, 0.25) is 0 Å². The van der Waals surface area contributed by atoms with E-state index in [1.807, 2.05) is 24.0 Å². The predicted molar refractivity (Wildman–Crippen MR) is 93.4 cm³/mol. The number of amides is 1. The van der Waals surface area contributed by atoms with E-state index in [0.717, 1.165) is 12.0 Å². The Morgan fingerprint density at radius 2 is 1.88 bits per heavy atom. The van der Waals surface area contributed by atoms with Crippen molar-refractivity contribution < 1.29 is 14.3 Å². The topological polar surface area (TPSA) is 51.7 Å². The van der Waals surface area contributed by atoms with Crippen LogP contribution in [-0.4, -0.2) is 36.1 Å². The summed E-state index contributed by atoms with van der Waals surface area (Å²) >= 11 is 0. The molecule has 0 spiro atoms. The van der Waals surface area contributed by atoms with Gasteiger partial charge >= 0.3 is 0 Å². The van der Waals surface area contributed by atoms with E-state index in [-0.39, 0.29) is 11.9 Å². The number of para-hydroxylation sites is 1. The number of pyridine rings is 1. The zero-order valence-electron chi connectivity index (χ0n) is 14.7. The van der Waals surface area contributed by atoms with Crippen LogP contribution in [0.15, 0.2) is 42.7 Å². The van der Waals surface area contributed by atoms with Crippen LogP contribution < -0.4 is 9.47 Å². The molecule has 0 aliphatic heterocycles. The molecule has 5 heteroatoms. The van der Waals surface area contributed by atoms with Gasteiger partial charge in [-0.2, -0.15) is 0 Å². The summed E-state index contributed by atoms with van der Waals surface area (Å²) in [6.45, 7) is 4.64. The lowest BCUT2D eigenvalue weighted by Crippen LogP contribution is -2.38. The fraction of sp³-hybridized carbons (Fsp3) is 0.368. The van der Waals surface area contributed by atoms with Gasteiger partial charge in [0.1, 0.15) is 0 Å². The Bertz CT molecular complexity index is 674. The average molecular weight is 328 g/mol. The smallest absolute Gasteiger partial charge is 0.258 e. The van der Waals surface area contributed by atoms with Gasteiger partial charge in [-0.15, -0.1) is 0 Å². The standard InChI is InChI=1S/C19H24N2O3/c1-5-14(2)21(13-15-9-11-20-12-10-15)19(22)16-7-6-8-17(23-3)18(16)24-4/h6-12,14H,5,13H2,1-4H3/t14-/m0/s1. The highest BCUT2D eigenvalue weighted by atomic mass is 16.5. The minimum absolute atomic E-state index is 0.0723. The van der Waals surface area contributed by atoms with Crippen molar-refractivity contribution in [2.45, 2.75) is 32.9 Å². The molecule has 0 aliphatic carbocycles. The first-order chi connectivity index (χ1) is 11.6. The molecule has 0 radical (unpaired) electrons. The van der Waals surface area contributed by atoms with Crippen molar-refractivity contribution in [3.8, 4) is 11.5 Å². The summed E-state index contributed by atoms with van der Waals surface area (Å²) < 4.78 is 10.7. The highest BCUT2D eigenvalue weighted by molar-refractivity contribution is 5.98. The van der Waals surface area contributed by atoms with Crippen molar-refractivity contribution >= 4 is 5.91 Å². The van der Waals surface area contributed by atoms with Crippen LogP contribution >= 0.6 is 0 Å². The number of carbonyl (C=O) groups is 1. The third-order valence-electron chi connectivity index (χ3n) is 4.12. The van der Waals surface area contributed by atoms with E-state index >= 15 is 0 Å². The van der Waals surface area contributed by atoms with Gasteiger partial charge in [-0.25, -0.2) is 0 Å². The molecule has 1 heterocycles. The molecule has 2 rings (SSSR count). The number of hydrogen-bond acceptors (Lipinski definition) is 4. The SMILES string of the molecule is CC[C@H](C)N(Cc1ccncc1)C(=O)c1cccc(OC)c1OC. The first-order valence-electron chi connectivity index (χ1n) is 8.03. The third-order valence-corrected chi connectivity index (χ3v) is 4.12. The second-order valence-corrected chi connectivity index (χ2v) is 5.59. The van der Waals surface area contributed by atoms with E-state index in [2.05, 4.69) is 11.9 Å². The molecular formula is C19H24N2O3. The minimum atomic E-state index is -0.0723. The fourth-order valence-electron chi connectivity index (χ4n) is 2.54. The molecule has 128 valence electrons. The number of carbonyl (C=O) groups excluding carboxylic acids is 1. The normalized spacial score (nSPS) is 11.7. The maximum atomic E-state index is 13.2. The van der Waals surface area contributed by atoms with E-state index in [4.69, 9.17) is 9.47 Å². The minimum Gasteiger partial charge on any atom is -0.493 e.